The minimum absolute atomic E-state index is 0.130. The number of amides is 1. The van der Waals surface area contributed by atoms with Crippen molar-refractivity contribution in [1.29, 1.82) is 0 Å². The number of hydrogen-bond donors (Lipinski definition) is 2. The van der Waals surface area contributed by atoms with Crippen molar-refractivity contribution in [2.75, 3.05) is 5.32 Å². The second-order valence-corrected chi connectivity index (χ2v) is 6.11. The minimum Gasteiger partial charge on any atom is -0.332 e. The average Bonchev–Trinajstić information content (AvgIpc) is 3.10. The predicted octanol–water partition coefficient (Wildman–Crippen LogP) is 2.38. The zero-order chi connectivity index (χ0) is 16.4. The van der Waals surface area contributed by atoms with E-state index in [0.29, 0.717) is 6.42 Å². The van der Waals surface area contributed by atoms with Gasteiger partial charge in [0, 0.05) is 12.0 Å². The van der Waals surface area contributed by atoms with Gasteiger partial charge in [-0.15, -0.1) is 10.2 Å². The summed E-state index contributed by atoms with van der Waals surface area (Å²) in [6.45, 7) is 3.62. The number of para-hydroxylation sites is 1. The summed E-state index contributed by atoms with van der Waals surface area (Å²) in [5.74, 6) is 0.605. The van der Waals surface area contributed by atoms with Crippen LogP contribution in [0.3, 0.4) is 0 Å². The highest BCUT2D eigenvalue weighted by Gasteiger charge is 2.14. The molecule has 0 fully saturated rings. The molecule has 3 rings (SSSR count). The van der Waals surface area contributed by atoms with E-state index < -0.39 is 0 Å². The van der Waals surface area contributed by atoms with Crippen molar-refractivity contribution in [1.82, 2.24) is 25.1 Å². The van der Waals surface area contributed by atoms with Gasteiger partial charge in [-0.1, -0.05) is 30.4 Å². The van der Waals surface area contributed by atoms with Gasteiger partial charge in [0.05, 0.1) is 5.69 Å². The molecule has 0 aliphatic rings. The van der Waals surface area contributed by atoms with Gasteiger partial charge in [-0.2, -0.15) is 9.61 Å². The predicted molar refractivity (Wildman–Crippen MR) is 93.5 cm³/mol. The Labute approximate surface area is 141 Å². The van der Waals surface area contributed by atoms with Crippen molar-refractivity contribution in [3.63, 3.8) is 0 Å². The number of aryl methyl sites for hydroxylation is 1. The number of nitrogens with zero attached hydrogens (tertiary/aromatic N) is 4. The van der Waals surface area contributed by atoms with Gasteiger partial charge in [-0.25, -0.2) is 0 Å². The van der Waals surface area contributed by atoms with Gasteiger partial charge in [0.25, 0.3) is 0 Å². The Hall–Kier alpha value is -2.39. The number of benzene rings is 1. The molecule has 0 spiro atoms. The monoisotopic (exact) mass is 346 g/mol. The van der Waals surface area contributed by atoms with Gasteiger partial charge >= 0.3 is 0 Å². The lowest BCUT2D eigenvalue weighted by atomic mass is 10.2. The van der Waals surface area contributed by atoms with Crippen molar-refractivity contribution >= 4 is 45.2 Å². The Balaban J connectivity index is 1.91. The smallest absolute Gasteiger partial charge is 0.234 e. The molecule has 9 heteroatoms. The van der Waals surface area contributed by atoms with Crippen molar-refractivity contribution in [2.45, 2.75) is 20.3 Å². The molecule has 23 heavy (non-hydrogen) atoms. The molecule has 0 saturated carbocycles. The SMILES string of the molecule is CCC(=O)NC(=S)Nc1ccccc1-c1nn2c(C)nnc2s1. The first-order chi connectivity index (χ1) is 11.1. The van der Waals surface area contributed by atoms with E-state index in [9.17, 15) is 4.79 Å². The summed E-state index contributed by atoms with van der Waals surface area (Å²) >= 11 is 6.61. The number of fused-ring (bicyclic) bond motifs is 1. The molecular weight excluding hydrogens is 332 g/mol. The molecule has 2 N–H and O–H groups in total. The van der Waals surface area contributed by atoms with Gasteiger partial charge in [0.15, 0.2) is 10.9 Å². The fourth-order valence-electron chi connectivity index (χ4n) is 1.97. The molecular formula is C14H14N6OS2. The zero-order valence-corrected chi connectivity index (χ0v) is 14.2. The highest BCUT2D eigenvalue weighted by molar-refractivity contribution is 7.80. The Morgan fingerprint density at radius 1 is 1.35 bits per heavy atom. The highest BCUT2D eigenvalue weighted by Crippen LogP contribution is 2.31. The lowest BCUT2D eigenvalue weighted by Gasteiger charge is -2.11. The van der Waals surface area contributed by atoms with Crippen LogP contribution in [0.1, 0.15) is 19.2 Å². The third kappa shape index (κ3) is 3.20. The van der Waals surface area contributed by atoms with E-state index >= 15 is 0 Å². The molecule has 2 heterocycles. The fraction of sp³-hybridized carbons (Fsp3) is 0.214. The topological polar surface area (TPSA) is 84.2 Å². The molecule has 0 saturated heterocycles. The van der Waals surface area contributed by atoms with E-state index in [1.165, 1.54) is 11.3 Å². The Bertz CT molecular complexity index is 884. The normalized spacial score (nSPS) is 10.7. The molecule has 0 radical (unpaired) electrons. The quantitative estimate of drug-likeness (QED) is 0.709. The molecule has 118 valence electrons. The zero-order valence-electron chi connectivity index (χ0n) is 12.5. The lowest BCUT2D eigenvalue weighted by Crippen LogP contribution is -2.33. The Morgan fingerprint density at radius 3 is 2.87 bits per heavy atom. The number of aromatic nitrogens is 4. The minimum atomic E-state index is -0.130. The summed E-state index contributed by atoms with van der Waals surface area (Å²) in [7, 11) is 0. The highest BCUT2D eigenvalue weighted by atomic mass is 32.1. The number of nitrogens with one attached hydrogen (secondary N) is 2. The summed E-state index contributed by atoms with van der Waals surface area (Å²) in [5.41, 5.74) is 1.66. The largest absolute Gasteiger partial charge is 0.332 e. The van der Waals surface area contributed by atoms with Gasteiger partial charge in [0.1, 0.15) is 5.01 Å². The maximum absolute atomic E-state index is 11.4. The van der Waals surface area contributed by atoms with Crippen LogP contribution >= 0.6 is 23.6 Å². The van der Waals surface area contributed by atoms with Crippen LogP contribution in [0.25, 0.3) is 15.5 Å². The number of thiocarbonyl (C=S) groups is 1. The van der Waals surface area contributed by atoms with Crippen molar-refractivity contribution in [3.8, 4) is 10.6 Å². The van der Waals surface area contributed by atoms with E-state index in [-0.39, 0.29) is 11.0 Å². The van der Waals surface area contributed by atoms with Crippen molar-refractivity contribution in [3.05, 3.63) is 30.1 Å². The number of rotatable bonds is 3. The average molecular weight is 346 g/mol. The van der Waals surface area contributed by atoms with Crippen molar-refractivity contribution < 1.29 is 4.79 Å². The third-order valence-corrected chi connectivity index (χ3v) is 4.26. The van der Waals surface area contributed by atoms with E-state index in [2.05, 4.69) is 25.9 Å². The van der Waals surface area contributed by atoms with Crippen LogP contribution in [0.15, 0.2) is 24.3 Å². The second-order valence-electron chi connectivity index (χ2n) is 4.75. The first-order valence-corrected chi connectivity index (χ1v) is 8.20. The first kappa shape index (κ1) is 15.5. The molecule has 1 amide bonds. The number of anilines is 1. The summed E-state index contributed by atoms with van der Waals surface area (Å²) in [5, 5.41) is 19.3. The summed E-state index contributed by atoms with van der Waals surface area (Å²) in [4.78, 5) is 12.2. The van der Waals surface area contributed by atoms with E-state index in [1.807, 2.05) is 31.2 Å². The van der Waals surface area contributed by atoms with Crippen LogP contribution in [-0.4, -0.2) is 30.8 Å². The summed E-state index contributed by atoms with van der Waals surface area (Å²) in [6, 6.07) is 7.63. The molecule has 1 aromatic carbocycles. The van der Waals surface area contributed by atoms with E-state index in [0.717, 1.165) is 27.0 Å². The Kier molecular flexibility index (Phi) is 4.30. The van der Waals surface area contributed by atoms with E-state index in [4.69, 9.17) is 12.2 Å². The number of hydrogen-bond acceptors (Lipinski definition) is 6. The maximum atomic E-state index is 11.4. The standard InChI is InChI=1S/C14H14N6OS2/c1-3-11(21)16-13(22)15-10-7-5-4-6-9(10)12-19-20-8(2)17-18-14(20)23-12/h4-7H,3H2,1-2H3,(H2,15,16,21,22). The number of carbonyl (C=O) groups is 1. The lowest BCUT2D eigenvalue weighted by molar-refractivity contribution is -0.119. The van der Waals surface area contributed by atoms with Crippen LogP contribution in [0.5, 0.6) is 0 Å². The second kappa shape index (κ2) is 6.39. The van der Waals surface area contributed by atoms with Gasteiger partial charge in [0.2, 0.25) is 10.9 Å². The molecule has 0 atom stereocenters. The molecule has 0 aliphatic heterocycles. The summed E-state index contributed by atoms with van der Waals surface area (Å²) in [6.07, 6.45) is 0.374. The van der Waals surface area contributed by atoms with Crippen LogP contribution in [0.4, 0.5) is 5.69 Å². The fourth-order valence-corrected chi connectivity index (χ4v) is 3.12. The first-order valence-electron chi connectivity index (χ1n) is 6.97. The van der Waals surface area contributed by atoms with Gasteiger partial charge < -0.3 is 10.6 Å². The molecule has 3 aromatic rings. The van der Waals surface area contributed by atoms with Crippen molar-refractivity contribution in [2.24, 2.45) is 0 Å². The third-order valence-electron chi connectivity index (χ3n) is 3.13. The Morgan fingerprint density at radius 2 is 2.13 bits per heavy atom. The van der Waals surface area contributed by atoms with Gasteiger partial charge in [-0.3, -0.25) is 4.79 Å². The van der Waals surface area contributed by atoms with E-state index in [1.54, 1.807) is 11.4 Å². The van der Waals surface area contributed by atoms with Crippen LogP contribution in [0.2, 0.25) is 0 Å². The van der Waals surface area contributed by atoms with Crippen LogP contribution in [0, 0.1) is 6.92 Å². The maximum Gasteiger partial charge on any atom is 0.234 e. The molecule has 2 aromatic heterocycles. The number of carbonyl (C=O) groups excluding carboxylic acids is 1. The molecule has 0 aliphatic carbocycles. The van der Waals surface area contributed by atoms with Gasteiger partial charge in [-0.05, 0) is 31.3 Å². The summed E-state index contributed by atoms with van der Waals surface area (Å²) < 4.78 is 1.70. The van der Waals surface area contributed by atoms with Crippen LogP contribution in [-0.2, 0) is 4.79 Å². The van der Waals surface area contributed by atoms with Crippen LogP contribution < -0.4 is 10.6 Å². The molecule has 0 bridgehead atoms. The molecule has 0 unspecified atom stereocenters. The molecule has 7 nitrogen and oxygen atoms in total.